The number of urea groups is 1. The van der Waals surface area contributed by atoms with Crippen molar-refractivity contribution in [2.24, 2.45) is 0 Å². The first kappa shape index (κ1) is 23.1. The Kier molecular flexibility index (Phi) is 7.27. The van der Waals surface area contributed by atoms with Gasteiger partial charge in [-0.25, -0.2) is 9.18 Å². The van der Waals surface area contributed by atoms with Crippen LogP contribution in [-0.2, 0) is 6.54 Å². The Balaban J connectivity index is 1.50. The van der Waals surface area contributed by atoms with E-state index >= 15 is 0 Å². The van der Waals surface area contributed by atoms with E-state index in [2.05, 4.69) is 20.9 Å². The SMILES string of the molecule is COc1cccc(CNC(=O)c2ccc(N3CCCC3)c(NC(=O)Nc3cccc(F)c3)c2)c1. The number of methoxy groups -OCH3 is 1. The van der Waals surface area contributed by atoms with Gasteiger partial charge in [-0.15, -0.1) is 0 Å². The summed E-state index contributed by atoms with van der Waals surface area (Å²) in [6.07, 6.45) is 2.13. The zero-order valence-electron chi connectivity index (χ0n) is 18.9. The van der Waals surface area contributed by atoms with Gasteiger partial charge in [0.25, 0.3) is 5.91 Å². The van der Waals surface area contributed by atoms with Gasteiger partial charge in [-0.05, 0) is 66.9 Å². The minimum Gasteiger partial charge on any atom is -0.497 e. The van der Waals surface area contributed by atoms with Crippen molar-refractivity contribution in [3.8, 4) is 5.75 Å². The Bertz CT molecular complexity index is 1180. The van der Waals surface area contributed by atoms with Crippen LogP contribution in [0.15, 0.2) is 66.7 Å². The lowest BCUT2D eigenvalue weighted by Gasteiger charge is -2.22. The van der Waals surface area contributed by atoms with Gasteiger partial charge in [0, 0.05) is 30.9 Å². The first-order valence-corrected chi connectivity index (χ1v) is 11.2. The van der Waals surface area contributed by atoms with Gasteiger partial charge in [0.15, 0.2) is 0 Å². The fraction of sp³-hybridized carbons (Fsp3) is 0.231. The molecule has 0 bridgehead atoms. The van der Waals surface area contributed by atoms with Crippen LogP contribution >= 0.6 is 0 Å². The van der Waals surface area contributed by atoms with E-state index in [9.17, 15) is 14.0 Å². The molecule has 1 aliphatic heterocycles. The number of ether oxygens (including phenoxy) is 1. The van der Waals surface area contributed by atoms with Crippen LogP contribution in [0.3, 0.4) is 0 Å². The summed E-state index contributed by atoms with van der Waals surface area (Å²) in [5, 5.41) is 8.37. The highest BCUT2D eigenvalue weighted by Crippen LogP contribution is 2.30. The topological polar surface area (TPSA) is 82.7 Å². The van der Waals surface area contributed by atoms with Crippen LogP contribution in [-0.4, -0.2) is 32.1 Å². The molecule has 1 saturated heterocycles. The molecule has 0 saturated carbocycles. The van der Waals surface area contributed by atoms with Crippen LogP contribution in [0.25, 0.3) is 0 Å². The normalized spacial score (nSPS) is 12.8. The van der Waals surface area contributed by atoms with Crippen LogP contribution in [0.2, 0.25) is 0 Å². The molecule has 1 aliphatic rings. The van der Waals surface area contributed by atoms with Crippen molar-refractivity contribution < 1.29 is 18.7 Å². The molecule has 176 valence electrons. The number of halogens is 1. The van der Waals surface area contributed by atoms with Gasteiger partial charge in [0.1, 0.15) is 11.6 Å². The molecule has 0 aliphatic carbocycles. The van der Waals surface area contributed by atoms with Crippen LogP contribution in [0.1, 0.15) is 28.8 Å². The van der Waals surface area contributed by atoms with E-state index < -0.39 is 11.8 Å². The van der Waals surface area contributed by atoms with Gasteiger partial charge < -0.3 is 25.6 Å². The number of nitrogens with zero attached hydrogens (tertiary/aromatic N) is 1. The number of carbonyl (C=O) groups is 2. The number of amides is 3. The van der Waals surface area contributed by atoms with Crippen molar-refractivity contribution in [2.75, 3.05) is 35.7 Å². The molecule has 3 aromatic carbocycles. The molecular formula is C26H27FN4O3. The molecule has 8 heteroatoms. The first-order chi connectivity index (χ1) is 16.5. The number of hydrogen-bond acceptors (Lipinski definition) is 4. The third kappa shape index (κ3) is 5.83. The highest BCUT2D eigenvalue weighted by Gasteiger charge is 2.19. The molecule has 1 fully saturated rings. The Labute approximate surface area is 197 Å². The lowest BCUT2D eigenvalue weighted by atomic mass is 10.1. The number of hydrogen-bond donors (Lipinski definition) is 3. The molecule has 34 heavy (non-hydrogen) atoms. The van der Waals surface area contributed by atoms with Crippen molar-refractivity contribution >= 4 is 29.0 Å². The third-order valence-corrected chi connectivity index (χ3v) is 5.62. The molecule has 0 spiro atoms. The number of nitrogens with one attached hydrogen (secondary N) is 3. The second kappa shape index (κ2) is 10.7. The van der Waals surface area contributed by atoms with Crippen LogP contribution < -0.4 is 25.6 Å². The zero-order valence-corrected chi connectivity index (χ0v) is 18.9. The van der Waals surface area contributed by atoms with Crippen LogP contribution in [0.5, 0.6) is 5.75 Å². The summed E-state index contributed by atoms with van der Waals surface area (Å²) in [6.45, 7) is 2.09. The zero-order chi connectivity index (χ0) is 23.9. The van der Waals surface area contributed by atoms with E-state index in [0.29, 0.717) is 23.5 Å². The van der Waals surface area contributed by atoms with E-state index in [1.807, 2.05) is 30.3 Å². The third-order valence-electron chi connectivity index (χ3n) is 5.62. The minimum absolute atomic E-state index is 0.260. The van der Waals surface area contributed by atoms with Crippen molar-refractivity contribution in [1.29, 1.82) is 0 Å². The van der Waals surface area contributed by atoms with Crippen LogP contribution in [0.4, 0.5) is 26.2 Å². The van der Waals surface area contributed by atoms with E-state index in [4.69, 9.17) is 4.74 Å². The fourth-order valence-electron chi connectivity index (χ4n) is 3.93. The molecule has 7 nitrogen and oxygen atoms in total. The molecule has 0 radical (unpaired) electrons. The smallest absolute Gasteiger partial charge is 0.323 e. The van der Waals surface area contributed by atoms with Gasteiger partial charge in [-0.2, -0.15) is 0 Å². The van der Waals surface area contributed by atoms with E-state index in [0.717, 1.165) is 42.9 Å². The average molecular weight is 463 g/mol. The predicted molar refractivity (Wildman–Crippen MR) is 131 cm³/mol. The Morgan fingerprint density at radius 1 is 0.971 bits per heavy atom. The molecule has 3 aromatic rings. The minimum atomic E-state index is -0.514. The summed E-state index contributed by atoms with van der Waals surface area (Å²) >= 11 is 0. The Morgan fingerprint density at radius 3 is 2.53 bits per heavy atom. The van der Waals surface area contributed by atoms with Crippen molar-refractivity contribution in [2.45, 2.75) is 19.4 Å². The summed E-state index contributed by atoms with van der Waals surface area (Å²) in [5.41, 5.74) is 3.04. The maximum atomic E-state index is 13.5. The monoisotopic (exact) mass is 462 g/mol. The Hall–Kier alpha value is -4.07. The number of benzene rings is 3. The molecule has 1 heterocycles. The summed E-state index contributed by atoms with van der Waals surface area (Å²) in [5.74, 6) is 0.0205. The van der Waals surface area contributed by atoms with Gasteiger partial charge in [0.2, 0.25) is 0 Å². The number of rotatable bonds is 7. The maximum absolute atomic E-state index is 13.5. The molecule has 3 N–H and O–H groups in total. The maximum Gasteiger partial charge on any atom is 0.323 e. The van der Waals surface area contributed by atoms with Crippen molar-refractivity contribution in [1.82, 2.24) is 5.32 Å². The molecule has 0 aromatic heterocycles. The highest BCUT2D eigenvalue weighted by atomic mass is 19.1. The van der Waals surface area contributed by atoms with Crippen molar-refractivity contribution in [3.05, 3.63) is 83.7 Å². The predicted octanol–water partition coefficient (Wildman–Crippen LogP) is 5.01. The molecule has 0 atom stereocenters. The molecule has 0 unspecified atom stereocenters. The lowest BCUT2D eigenvalue weighted by molar-refractivity contribution is 0.0951. The summed E-state index contributed by atoms with van der Waals surface area (Å²) in [7, 11) is 1.60. The van der Waals surface area contributed by atoms with E-state index in [1.165, 1.54) is 18.2 Å². The quantitative estimate of drug-likeness (QED) is 0.461. The Morgan fingerprint density at radius 2 is 1.76 bits per heavy atom. The molecular weight excluding hydrogens is 435 g/mol. The fourth-order valence-corrected chi connectivity index (χ4v) is 3.93. The average Bonchev–Trinajstić information content (AvgIpc) is 3.37. The molecule has 4 rings (SSSR count). The van der Waals surface area contributed by atoms with Gasteiger partial charge in [-0.3, -0.25) is 4.79 Å². The summed E-state index contributed by atoms with van der Waals surface area (Å²) < 4.78 is 18.7. The summed E-state index contributed by atoms with van der Waals surface area (Å²) in [6, 6.07) is 17.9. The van der Waals surface area contributed by atoms with Crippen LogP contribution in [0, 0.1) is 5.82 Å². The summed E-state index contributed by atoms with van der Waals surface area (Å²) in [4.78, 5) is 27.7. The lowest BCUT2D eigenvalue weighted by Crippen LogP contribution is -2.26. The number of carbonyl (C=O) groups excluding carboxylic acids is 2. The second-order valence-corrected chi connectivity index (χ2v) is 8.05. The molecule has 3 amide bonds. The van der Waals surface area contributed by atoms with E-state index in [-0.39, 0.29) is 5.91 Å². The largest absolute Gasteiger partial charge is 0.497 e. The van der Waals surface area contributed by atoms with Gasteiger partial charge in [-0.1, -0.05) is 18.2 Å². The van der Waals surface area contributed by atoms with Crippen molar-refractivity contribution in [3.63, 3.8) is 0 Å². The second-order valence-electron chi connectivity index (χ2n) is 8.05. The number of anilines is 3. The van der Waals surface area contributed by atoms with Gasteiger partial charge in [0.05, 0.1) is 18.5 Å². The highest BCUT2D eigenvalue weighted by molar-refractivity contribution is 6.04. The standard InChI is InChI=1S/C26H27FN4O3/c1-34-22-9-4-6-18(14-22)17-28-25(32)19-10-11-24(31-12-2-3-13-31)23(15-19)30-26(33)29-21-8-5-7-20(27)16-21/h4-11,14-16H,2-3,12-13,17H2,1H3,(H,28,32)(H2,29,30,33). The first-order valence-electron chi connectivity index (χ1n) is 11.2. The van der Waals surface area contributed by atoms with Gasteiger partial charge >= 0.3 is 6.03 Å². The van der Waals surface area contributed by atoms with E-state index in [1.54, 1.807) is 25.3 Å².